The Balaban J connectivity index is 1.78. The lowest BCUT2D eigenvalue weighted by molar-refractivity contribution is -0.117. The summed E-state index contributed by atoms with van der Waals surface area (Å²) in [6, 6.07) is 2.17. The summed E-state index contributed by atoms with van der Waals surface area (Å²) in [5.41, 5.74) is 0.866. The van der Waals surface area contributed by atoms with E-state index in [4.69, 9.17) is 0 Å². The lowest BCUT2D eigenvalue weighted by atomic mass is 10.3. The zero-order valence-corrected chi connectivity index (χ0v) is 13.9. The summed E-state index contributed by atoms with van der Waals surface area (Å²) in [7, 11) is 4.10. The van der Waals surface area contributed by atoms with E-state index in [0.717, 1.165) is 34.7 Å². The summed E-state index contributed by atoms with van der Waals surface area (Å²) in [5, 5.41) is 7.19. The van der Waals surface area contributed by atoms with Gasteiger partial charge in [0.05, 0.1) is 10.2 Å². The molecule has 118 valence electrons. The minimum atomic E-state index is 0.0730. The number of nitrogens with zero attached hydrogens (tertiary/aromatic N) is 3. The SMILES string of the molecule is CC(CN(C)C)Nc1nc2ccnc(NC(=O)C3CC3)c2s1. The molecular weight excluding hydrogens is 298 g/mol. The molecule has 1 aliphatic rings. The van der Waals surface area contributed by atoms with E-state index in [0.29, 0.717) is 11.9 Å². The van der Waals surface area contributed by atoms with Gasteiger partial charge in [0.15, 0.2) is 10.9 Å². The molecule has 0 radical (unpaired) electrons. The van der Waals surface area contributed by atoms with Crippen LogP contribution in [0.1, 0.15) is 19.8 Å². The van der Waals surface area contributed by atoms with E-state index in [2.05, 4.69) is 32.4 Å². The van der Waals surface area contributed by atoms with Gasteiger partial charge in [0, 0.05) is 24.7 Å². The Morgan fingerprint density at radius 1 is 1.50 bits per heavy atom. The molecule has 0 aliphatic heterocycles. The van der Waals surface area contributed by atoms with E-state index in [9.17, 15) is 4.79 Å². The molecule has 1 unspecified atom stereocenters. The van der Waals surface area contributed by atoms with Crippen molar-refractivity contribution in [3.63, 3.8) is 0 Å². The Bertz CT molecular complexity index is 680. The number of fused-ring (bicyclic) bond motifs is 1. The van der Waals surface area contributed by atoms with E-state index < -0.39 is 0 Å². The third-order valence-electron chi connectivity index (χ3n) is 3.50. The van der Waals surface area contributed by atoms with Crippen LogP contribution in [0.5, 0.6) is 0 Å². The highest BCUT2D eigenvalue weighted by atomic mass is 32.1. The molecule has 1 aliphatic carbocycles. The van der Waals surface area contributed by atoms with Crippen molar-refractivity contribution in [3.05, 3.63) is 12.3 Å². The van der Waals surface area contributed by atoms with Gasteiger partial charge < -0.3 is 15.5 Å². The van der Waals surface area contributed by atoms with Crippen LogP contribution in [0.4, 0.5) is 10.9 Å². The lowest BCUT2D eigenvalue weighted by Gasteiger charge is -2.17. The average molecular weight is 319 g/mol. The van der Waals surface area contributed by atoms with E-state index in [-0.39, 0.29) is 11.8 Å². The van der Waals surface area contributed by atoms with Crippen molar-refractivity contribution < 1.29 is 4.79 Å². The fourth-order valence-electron chi connectivity index (χ4n) is 2.37. The summed E-state index contributed by atoms with van der Waals surface area (Å²) >= 11 is 1.54. The molecule has 0 aromatic carbocycles. The summed E-state index contributed by atoms with van der Waals surface area (Å²) in [6.45, 7) is 3.06. The molecule has 7 heteroatoms. The van der Waals surface area contributed by atoms with Crippen molar-refractivity contribution in [1.82, 2.24) is 14.9 Å². The van der Waals surface area contributed by atoms with E-state index in [1.165, 1.54) is 11.3 Å². The van der Waals surface area contributed by atoms with Crippen LogP contribution in [0.15, 0.2) is 12.3 Å². The maximum absolute atomic E-state index is 11.9. The second-order valence-electron chi connectivity index (χ2n) is 6.10. The number of aromatic nitrogens is 2. The van der Waals surface area contributed by atoms with Gasteiger partial charge in [-0.25, -0.2) is 9.97 Å². The van der Waals surface area contributed by atoms with Crippen LogP contribution in [0.3, 0.4) is 0 Å². The van der Waals surface area contributed by atoms with Crippen molar-refractivity contribution in [2.45, 2.75) is 25.8 Å². The summed E-state index contributed by atoms with van der Waals surface area (Å²) < 4.78 is 0.927. The van der Waals surface area contributed by atoms with Gasteiger partial charge in [-0.3, -0.25) is 4.79 Å². The van der Waals surface area contributed by atoms with Gasteiger partial charge in [-0.2, -0.15) is 0 Å². The van der Waals surface area contributed by atoms with Gasteiger partial charge in [-0.1, -0.05) is 11.3 Å². The Morgan fingerprint density at radius 2 is 2.27 bits per heavy atom. The number of pyridine rings is 1. The van der Waals surface area contributed by atoms with Crippen molar-refractivity contribution in [2.75, 3.05) is 31.3 Å². The van der Waals surface area contributed by atoms with E-state index >= 15 is 0 Å². The fraction of sp³-hybridized carbons (Fsp3) is 0.533. The predicted molar refractivity (Wildman–Crippen MR) is 90.4 cm³/mol. The zero-order valence-electron chi connectivity index (χ0n) is 13.1. The number of nitrogens with one attached hydrogen (secondary N) is 2. The molecule has 0 bridgehead atoms. The molecule has 2 aromatic rings. The molecule has 1 fully saturated rings. The maximum Gasteiger partial charge on any atom is 0.228 e. The highest BCUT2D eigenvalue weighted by molar-refractivity contribution is 7.22. The van der Waals surface area contributed by atoms with Gasteiger partial charge in [0.1, 0.15) is 0 Å². The molecule has 1 atom stereocenters. The number of rotatable bonds is 6. The molecule has 2 heterocycles. The smallest absolute Gasteiger partial charge is 0.228 e. The topological polar surface area (TPSA) is 70.2 Å². The van der Waals surface area contributed by atoms with Gasteiger partial charge in [0.2, 0.25) is 5.91 Å². The minimum absolute atomic E-state index is 0.0730. The van der Waals surface area contributed by atoms with Crippen LogP contribution in [0, 0.1) is 5.92 Å². The average Bonchev–Trinajstić information content (AvgIpc) is 3.19. The molecule has 0 saturated heterocycles. The van der Waals surface area contributed by atoms with Gasteiger partial charge in [-0.15, -0.1) is 0 Å². The van der Waals surface area contributed by atoms with E-state index in [1.807, 2.05) is 20.2 Å². The number of amides is 1. The first-order chi connectivity index (χ1) is 10.5. The van der Waals surface area contributed by atoms with Gasteiger partial charge in [0.25, 0.3) is 0 Å². The first-order valence-corrected chi connectivity index (χ1v) is 8.32. The Hall–Kier alpha value is -1.73. The van der Waals surface area contributed by atoms with Crippen molar-refractivity contribution in [1.29, 1.82) is 0 Å². The van der Waals surface area contributed by atoms with Crippen LogP contribution >= 0.6 is 11.3 Å². The molecule has 2 aromatic heterocycles. The number of likely N-dealkylation sites (N-methyl/N-ethyl adjacent to an activating group) is 1. The van der Waals surface area contributed by atoms with Crippen LogP contribution in [0.2, 0.25) is 0 Å². The Kier molecular flexibility index (Phi) is 4.26. The van der Waals surface area contributed by atoms with Gasteiger partial charge >= 0.3 is 0 Å². The number of carbonyl (C=O) groups excluding carboxylic acids is 1. The summed E-state index contributed by atoms with van der Waals surface area (Å²) in [6.07, 6.45) is 3.66. The molecule has 2 N–H and O–H groups in total. The second-order valence-corrected chi connectivity index (χ2v) is 7.10. The second kappa shape index (κ2) is 6.18. The molecular formula is C15H21N5OS. The van der Waals surface area contributed by atoms with Crippen molar-refractivity contribution >= 4 is 38.4 Å². The quantitative estimate of drug-likeness (QED) is 0.855. The molecule has 22 heavy (non-hydrogen) atoms. The minimum Gasteiger partial charge on any atom is -0.358 e. The van der Waals surface area contributed by atoms with Gasteiger partial charge in [-0.05, 0) is 39.9 Å². The third kappa shape index (κ3) is 3.53. The number of hydrogen-bond donors (Lipinski definition) is 2. The third-order valence-corrected chi connectivity index (χ3v) is 4.51. The summed E-state index contributed by atoms with van der Waals surface area (Å²) in [5.74, 6) is 0.867. The Morgan fingerprint density at radius 3 is 2.95 bits per heavy atom. The normalized spacial score (nSPS) is 16.0. The molecule has 0 spiro atoms. The first-order valence-electron chi connectivity index (χ1n) is 7.50. The van der Waals surface area contributed by atoms with Crippen LogP contribution in [0.25, 0.3) is 10.2 Å². The standard InChI is InChI=1S/C15H21N5OS/c1-9(8-20(2)3)17-15-18-11-6-7-16-13(12(11)22-15)19-14(21)10-4-5-10/h6-7,9-10H,4-5,8H2,1-3H3,(H,17,18)(H,16,19,21). The Labute approximate surface area is 133 Å². The molecule has 3 rings (SSSR count). The van der Waals surface area contributed by atoms with Crippen LogP contribution in [-0.4, -0.2) is 47.5 Å². The predicted octanol–water partition coefficient (Wildman–Crippen LogP) is 2.40. The highest BCUT2D eigenvalue weighted by Crippen LogP contribution is 2.34. The highest BCUT2D eigenvalue weighted by Gasteiger charge is 2.30. The monoisotopic (exact) mass is 319 g/mol. The zero-order chi connectivity index (χ0) is 15.7. The van der Waals surface area contributed by atoms with Crippen molar-refractivity contribution in [3.8, 4) is 0 Å². The maximum atomic E-state index is 11.9. The van der Waals surface area contributed by atoms with E-state index in [1.54, 1.807) is 6.20 Å². The fourth-order valence-corrected chi connectivity index (χ4v) is 3.39. The number of thiazole rings is 1. The molecule has 1 saturated carbocycles. The van der Waals surface area contributed by atoms with Crippen LogP contribution in [-0.2, 0) is 4.79 Å². The lowest BCUT2D eigenvalue weighted by Crippen LogP contribution is -2.29. The molecule has 6 nitrogen and oxygen atoms in total. The first kappa shape index (κ1) is 15.2. The van der Waals surface area contributed by atoms with Crippen LogP contribution < -0.4 is 10.6 Å². The summed E-state index contributed by atoms with van der Waals surface area (Å²) in [4.78, 5) is 23.0. The number of anilines is 2. The number of hydrogen-bond acceptors (Lipinski definition) is 6. The largest absolute Gasteiger partial charge is 0.358 e. The number of carbonyl (C=O) groups is 1. The molecule has 1 amide bonds. The van der Waals surface area contributed by atoms with Crippen molar-refractivity contribution in [2.24, 2.45) is 5.92 Å².